The summed E-state index contributed by atoms with van der Waals surface area (Å²) < 4.78 is 18.8. The van der Waals surface area contributed by atoms with Crippen LogP contribution in [0, 0.1) is 12.7 Å². The second-order valence-corrected chi connectivity index (χ2v) is 6.37. The Balaban J connectivity index is 1.67. The van der Waals surface area contributed by atoms with Gasteiger partial charge >= 0.3 is 0 Å². The number of hydrogen-bond acceptors (Lipinski definition) is 5. The van der Waals surface area contributed by atoms with E-state index in [0.29, 0.717) is 41.1 Å². The number of anilines is 3. The summed E-state index contributed by atoms with van der Waals surface area (Å²) in [7, 11) is 1.57. The highest BCUT2D eigenvalue weighted by molar-refractivity contribution is 6.32. The molecule has 3 aromatic rings. The fraction of sp³-hybridized carbons (Fsp3) is 0.200. The maximum absolute atomic E-state index is 13.7. The van der Waals surface area contributed by atoms with E-state index in [9.17, 15) is 4.39 Å². The molecule has 0 fully saturated rings. The van der Waals surface area contributed by atoms with Crippen molar-refractivity contribution in [3.05, 3.63) is 70.6 Å². The number of benzene rings is 2. The number of aromatic nitrogens is 2. The lowest BCUT2D eigenvalue weighted by Gasteiger charge is -2.11. The first-order valence-electron chi connectivity index (χ1n) is 8.48. The lowest BCUT2D eigenvalue weighted by atomic mass is 10.1. The molecule has 0 saturated heterocycles. The predicted octanol–water partition coefficient (Wildman–Crippen LogP) is 4.98. The van der Waals surface area contributed by atoms with Crippen LogP contribution in [0.25, 0.3) is 0 Å². The lowest BCUT2D eigenvalue weighted by Crippen LogP contribution is -2.09. The number of aryl methyl sites for hydroxylation is 1. The zero-order valence-electron chi connectivity index (χ0n) is 15.1. The van der Waals surface area contributed by atoms with Crippen molar-refractivity contribution in [1.82, 2.24) is 9.97 Å². The van der Waals surface area contributed by atoms with Gasteiger partial charge in [-0.05, 0) is 43.2 Å². The fourth-order valence-electron chi connectivity index (χ4n) is 2.61. The van der Waals surface area contributed by atoms with Crippen molar-refractivity contribution < 1.29 is 9.13 Å². The third-order valence-corrected chi connectivity index (χ3v) is 4.22. The Bertz CT molecular complexity index is 936. The van der Waals surface area contributed by atoms with Gasteiger partial charge in [-0.1, -0.05) is 29.8 Å². The average Bonchev–Trinajstić information content (AvgIpc) is 2.63. The Kier molecular flexibility index (Phi) is 6.08. The van der Waals surface area contributed by atoms with Crippen molar-refractivity contribution >= 4 is 29.1 Å². The maximum Gasteiger partial charge on any atom is 0.229 e. The van der Waals surface area contributed by atoms with Gasteiger partial charge in [0.05, 0.1) is 12.1 Å². The van der Waals surface area contributed by atoms with E-state index in [2.05, 4.69) is 20.6 Å². The molecule has 3 rings (SSSR count). The van der Waals surface area contributed by atoms with Crippen LogP contribution in [0.3, 0.4) is 0 Å². The van der Waals surface area contributed by atoms with E-state index in [1.54, 1.807) is 31.4 Å². The van der Waals surface area contributed by atoms with Crippen molar-refractivity contribution in [3.8, 4) is 5.75 Å². The zero-order chi connectivity index (χ0) is 19.2. The molecule has 0 aliphatic rings. The minimum Gasteiger partial charge on any atom is -0.495 e. The van der Waals surface area contributed by atoms with Crippen molar-refractivity contribution in [2.45, 2.75) is 13.3 Å². The standard InChI is InChI=1S/C20H20ClFN4O/c1-13-11-19(23-10-9-14-5-3-4-6-17(14)22)26-20(24-13)25-15-7-8-18(27-2)16(21)12-15/h3-8,11-12H,9-10H2,1-2H3,(H2,23,24,25,26). The molecule has 2 N–H and O–H groups in total. The molecule has 0 unspecified atom stereocenters. The van der Waals surface area contributed by atoms with Crippen LogP contribution in [0.1, 0.15) is 11.3 Å². The molecule has 1 heterocycles. The number of rotatable bonds is 7. The van der Waals surface area contributed by atoms with Crippen molar-refractivity contribution in [2.75, 3.05) is 24.3 Å². The van der Waals surface area contributed by atoms with Crippen LogP contribution < -0.4 is 15.4 Å². The van der Waals surface area contributed by atoms with Crippen LogP contribution in [0.4, 0.5) is 21.8 Å². The summed E-state index contributed by atoms with van der Waals surface area (Å²) in [5.74, 6) is 1.52. The van der Waals surface area contributed by atoms with Gasteiger partial charge < -0.3 is 15.4 Å². The number of halogens is 2. The highest BCUT2D eigenvalue weighted by atomic mass is 35.5. The van der Waals surface area contributed by atoms with Gasteiger partial charge in [0.15, 0.2) is 0 Å². The molecule has 27 heavy (non-hydrogen) atoms. The van der Waals surface area contributed by atoms with E-state index >= 15 is 0 Å². The normalized spacial score (nSPS) is 10.5. The molecule has 0 saturated carbocycles. The summed E-state index contributed by atoms with van der Waals surface area (Å²) in [5, 5.41) is 6.84. The SMILES string of the molecule is COc1ccc(Nc2nc(C)cc(NCCc3ccccc3F)n2)cc1Cl. The van der Waals surface area contributed by atoms with Crippen LogP contribution in [-0.2, 0) is 6.42 Å². The van der Waals surface area contributed by atoms with E-state index < -0.39 is 0 Å². The number of hydrogen-bond donors (Lipinski definition) is 2. The van der Waals surface area contributed by atoms with E-state index in [1.165, 1.54) is 6.07 Å². The Morgan fingerprint density at radius 1 is 1.11 bits per heavy atom. The Hall–Kier alpha value is -2.86. The molecule has 0 amide bonds. The molecule has 0 atom stereocenters. The first-order valence-corrected chi connectivity index (χ1v) is 8.86. The molecule has 0 radical (unpaired) electrons. The third-order valence-electron chi connectivity index (χ3n) is 3.92. The average molecular weight is 387 g/mol. The van der Waals surface area contributed by atoms with Crippen LogP contribution >= 0.6 is 11.6 Å². The van der Waals surface area contributed by atoms with E-state index in [1.807, 2.05) is 25.1 Å². The molecule has 140 valence electrons. The third kappa shape index (κ3) is 5.08. The van der Waals surface area contributed by atoms with E-state index in [0.717, 1.165) is 11.4 Å². The molecule has 7 heteroatoms. The van der Waals surface area contributed by atoms with Crippen LogP contribution in [-0.4, -0.2) is 23.6 Å². The van der Waals surface area contributed by atoms with Crippen molar-refractivity contribution in [3.63, 3.8) is 0 Å². The Morgan fingerprint density at radius 3 is 2.67 bits per heavy atom. The summed E-state index contributed by atoms with van der Waals surface area (Å²) in [6.07, 6.45) is 0.562. The van der Waals surface area contributed by atoms with Gasteiger partial charge in [-0.3, -0.25) is 0 Å². The quantitative estimate of drug-likeness (QED) is 0.599. The molecule has 5 nitrogen and oxygen atoms in total. The topological polar surface area (TPSA) is 59.1 Å². The number of nitrogens with one attached hydrogen (secondary N) is 2. The minimum atomic E-state index is -0.197. The maximum atomic E-state index is 13.7. The summed E-state index contributed by atoms with van der Waals surface area (Å²) in [6.45, 7) is 2.45. The zero-order valence-corrected chi connectivity index (χ0v) is 15.8. The lowest BCUT2D eigenvalue weighted by molar-refractivity contribution is 0.415. The van der Waals surface area contributed by atoms with Gasteiger partial charge in [0.1, 0.15) is 17.4 Å². The van der Waals surface area contributed by atoms with Crippen LogP contribution in [0.2, 0.25) is 5.02 Å². The van der Waals surface area contributed by atoms with Gasteiger partial charge in [0, 0.05) is 24.0 Å². The molecular weight excluding hydrogens is 367 g/mol. The van der Waals surface area contributed by atoms with Gasteiger partial charge in [-0.2, -0.15) is 4.98 Å². The first kappa shape index (κ1) is 18.9. The first-order chi connectivity index (χ1) is 13.0. The van der Waals surface area contributed by atoms with Crippen molar-refractivity contribution in [2.24, 2.45) is 0 Å². The van der Waals surface area contributed by atoms with Gasteiger partial charge in [0.25, 0.3) is 0 Å². The van der Waals surface area contributed by atoms with E-state index in [4.69, 9.17) is 16.3 Å². The highest BCUT2D eigenvalue weighted by Gasteiger charge is 2.06. The van der Waals surface area contributed by atoms with Gasteiger partial charge in [0.2, 0.25) is 5.95 Å². The van der Waals surface area contributed by atoms with Gasteiger partial charge in [-0.25, -0.2) is 9.37 Å². The van der Waals surface area contributed by atoms with Gasteiger partial charge in [-0.15, -0.1) is 0 Å². The molecular formula is C20H20ClFN4O. The fourth-order valence-corrected chi connectivity index (χ4v) is 2.87. The monoisotopic (exact) mass is 386 g/mol. The Morgan fingerprint density at radius 2 is 1.93 bits per heavy atom. The number of ether oxygens (including phenoxy) is 1. The number of nitrogens with zero attached hydrogens (tertiary/aromatic N) is 2. The van der Waals surface area contributed by atoms with E-state index in [-0.39, 0.29) is 5.82 Å². The summed E-state index contributed by atoms with van der Waals surface area (Å²) in [6, 6.07) is 14.0. The summed E-state index contributed by atoms with van der Waals surface area (Å²) in [4.78, 5) is 8.84. The molecule has 1 aromatic heterocycles. The molecule has 0 spiro atoms. The molecule has 0 aliphatic carbocycles. The largest absolute Gasteiger partial charge is 0.495 e. The molecule has 0 aliphatic heterocycles. The van der Waals surface area contributed by atoms with Crippen LogP contribution in [0.15, 0.2) is 48.5 Å². The summed E-state index contributed by atoms with van der Waals surface area (Å²) >= 11 is 6.15. The van der Waals surface area contributed by atoms with Crippen molar-refractivity contribution in [1.29, 1.82) is 0 Å². The molecule has 2 aromatic carbocycles. The predicted molar refractivity (Wildman–Crippen MR) is 107 cm³/mol. The smallest absolute Gasteiger partial charge is 0.229 e. The highest BCUT2D eigenvalue weighted by Crippen LogP contribution is 2.28. The second-order valence-electron chi connectivity index (χ2n) is 5.96. The minimum absolute atomic E-state index is 0.197. The number of methoxy groups -OCH3 is 1. The molecule has 0 bridgehead atoms. The van der Waals surface area contributed by atoms with Crippen LogP contribution in [0.5, 0.6) is 5.75 Å². The second kappa shape index (κ2) is 8.68. The summed E-state index contributed by atoms with van der Waals surface area (Å²) in [5.41, 5.74) is 2.23. The Labute approximate surface area is 162 Å².